The molecule has 4 atom stereocenters. The number of unbranched alkanes of at least 4 members (excludes halogenated alkanes) is 10. The van der Waals surface area contributed by atoms with Gasteiger partial charge in [-0.1, -0.05) is 144 Å². The van der Waals surface area contributed by atoms with Crippen LogP contribution in [-0.4, -0.2) is 71.1 Å². The second-order valence-electron chi connectivity index (χ2n) is 14.3. The average Bonchev–Trinajstić information content (AvgIpc) is 3.20. The summed E-state index contributed by atoms with van der Waals surface area (Å²) in [6.45, 7) is 2.54. The lowest BCUT2D eigenvalue weighted by Crippen LogP contribution is -2.34. The molecule has 0 aromatic rings. The Kier molecular flexibility index (Phi) is 37.8. The van der Waals surface area contributed by atoms with E-state index in [1.807, 2.05) is 42.5 Å². The van der Waals surface area contributed by atoms with E-state index < -0.39 is 63.8 Å². The van der Waals surface area contributed by atoms with Crippen molar-refractivity contribution >= 4 is 25.7 Å². The number of carboxylic acids is 1. The van der Waals surface area contributed by atoms with Gasteiger partial charge in [0.25, 0.3) is 0 Å². The van der Waals surface area contributed by atoms with Gasteiger partial charge in [-0.05, 0) is 77.0 Å². The molecule has 5 N–H and O–H groups in total. The molecule has 0 aliphatic rings. The smallest absolute Gasteiger partial charge is 0.472 e. The summed E-state index contributed by atoms with van der Waals surface area (Å²) >= 11 is 0. The van der Waals surface area contributed by atoms with Gasteiger partial charge in [0, 0.05) is 12.8 Å². The number of hydrogen-bond acceptors (Lipinski definition) is 10. The van der Waals surface area contributed by atoms with Gasteiger partial charge in [-0.2, -0.15) is 0 Å². The number of nitrogens with two attached hydrogens (primary N) is 1. The Labute approximate surface area is 355 Å². The lowest BCUT2D eigenvalue weighted by Gasteiger charge is -2.20. The number of ether oxygens (including phenoxy) is 2. The lowest BCUT2D eigenvalue weighted by atomic mass is 10.1. The van der Waals surface area contributed by atoms with Gasteiger partial charge in [-0.25, -0.2) is 4.57 Å². The number of aliphatic hydroxyl groups excluding tert-OH is 1. The van der Waals surface area contributed by atoms with E-state index in [1.54, 1.807) is 0 Å². The Morgan fingerprint density at radius 3 is 1.73 bits per heavy atom. The fourth-order valence-electron chi connectivity index (χ4n) is 5.23. The van der Waals surface area contributed by atoms with Crippen LogP contribution in [0.3, 0.4) is 0 Å². The highest BCUT2D eigenvalue weighted by atomic mass is 31.2. The number of hydrogen-bond donors (Lipinski definition) is 4. The minimum Gasteiger partial charge on any atom is -0.480 e. The third-order valence-electron chi connectivity index (χ3n) is 8.72. The molecule has 59 heavy (non-hydrogen) atoms. The van der Waals surface area contributed by atoms with Crippen LogP contribution in [0.1, 0.15) is 149 Å². The monoisotopic (exact) mass is 850 g/mol. The van der Waals surface area contributed by atoms with E-state index in [0.717, 1.165) is 83.5 Å². The highest BCUT2D eigenvalue weighted by Crippen LogP contribution is 2.43. The fourth-order valence-corrected chi connectivity index (χ4v) is 6.01. The first kappa shape index (κ1) is 55.6. The van der Waals surface area contributed by atoms with Crippen molar-refractivity contribution in [2.75, 3.05) is 19.8 Å². The second-order valence-corrected chi connectivity index (χ2v) is 15.8. The van der Waals surface area contributed by atoms with E-state index in [0.29, 0.717) is 19.3 Å². The molecule has 0 saturated heterocycles. The molecular weight excluding hydrogens is 773 g/mol. The summed E-state index contributed by atoms with van der Waals surface area (Å²) in [6.07, 6.45) is 45.5. The van der Waals surface area contributed by atoms with Crippen LogP contribution in [0, 0.1) is 0 Å². The standard InChI is InChI=1S/C46H76NO11P/c1-3-5-7-8-9-10-11-12-13-14-15-16-19-23-26-29-33-37-45(50)58-42(39-56-59(53,54)57-40-43(47)46(51)52)38-55-44(49)36-32-28-25-22-20-17-18-21-24-27-31-35-41(48)34-30-6-4-2/h9-10,12-13,15-18,22,24-25,27,31,35,41-43,48H,3-8,11,14,19-21,23,26,28-30,32-34,36-40,47H2,1-2H3,(H,51,52)(H,53,54)/b10-9-,13-12-,16-15-,18-17-,25-22-,27-24-,35-31+/t41-,42-,43+/m1/s1. The summed E-state index contributed by atoms with van der Waals surface area (Å²) in [5.41, 5.74) is 5.32. The predicted molar refractivity (Wildman–Crippen MR) is 236 cm³/mol. The molecule has 0 aromatic carbocycles. The van der Waals surface area contributed by atoms with Crippen molar-refractivity contribution in [3.63, 3.8) is 0 Å². The molecule has 1 unspecified atom stereocenters. The molecule has 0 saturated carbocycles. The predicted octanol–water partition coefficient (Wildman–Crippen LogP) is 10.5. The SMILES string of the molecule is CCCCC/C=C\C/C=C\C/C=C\CCCCCCC(=O)O[C@H](COC(=O)CCC/C=C\C/C=C\C/C=C\C=C\[C@H](O)CCCCC)COP(=O)(O)OC[C@H](N)C(=O)O. The molecule has 0 bridgehead atoms. The van der Waals surface area contributed by atoms with E-state index >= 15 is 0 Å². The van der Waals surface area contributed by atoms with Crippen LogP contribution in [0.4, 0.5) is 0 Å². The molecule has 0 aliphatic heterocycles. The van der Waals surface area contributed by atoms with Crippen LogP contribution in [-0.2, 0) is 37.5 Å². The second kappa shape index (κ2) is 40.0. The molecule has 0 radical (unpaired) electrons. The summed E-state index contributed by atoms with van der Waals surface area (Å²) in [6, 6.07) is -1.54. The number of esters is 2. The Bertz CT molecular complexity index is 1340. The van der Waals surface area contributed by atoms with Crippen molar-refractivity contribution in [2.45, 2.75) is 167 Å². The van der Waals surface area contributed by atoms with Crippen LogP contribution in [0.2, 0.25) is 0 Å². The van der Waals surface area contributed by atoms with Gasteiger partial charge in [-0.15, -0.1) is 0 Å². The maximum atomic E-state index is 12.6. The van der Waals surface area contributed by atoms with Crippen molar-refractivity contribution in [1.29, 1.82) is 0 Å². The largest absolute Gasteiger partial charge is 0.480 e. The van der Waals surface area contributed by atoms with E-state index in [4.69, 9.17) is 24.8 Å². The molecule has 0 aromatic heterocycles. The number of phosphoric acid groups is 1. The summed E-state index contributed by atoms with van der Waals surface area (Å²) in [5.74, 6) is -2.52. The van der Waals surface area contributed by atoms with Crippen molar-refractivity contribution in [3.05, 3.63) is 85.1 Å². The zero-order valence-electron chi connectivity index (χ0n) is 35.9. The first-order valence-corrected chi connectivity index (χ1v) is 23.2. The van der Waals surface area contributed by atoms with Crippen LogP contribution < -0.4 is 5.73 Å². The number of allylic oxidation sites excluding steroid dienone is 13. The normalized spacial score (nSPS) is 15.1. The van der Waals surface area contributed by atoms with Gasteiger partial charge < -0.3 is 30.3 Å². The number of carboxylic acid groups (broad SMARTS) is 1. The van der Waals surface area contributed by atoms with Crippen molar-refractivity contribution < 1.29 is 52.6 Å². The van der Waals surface area contributed by atoms with Gasteiger partial charge in [0.2, 0.25) is 0 Å². The summed E-state index contributed by atoms with van der Waals surface area (Å²) in [4.78, 5) is 45.9. The molecule has 12 nitrogen and oxygen atoms in total. The highest BCUT2D eigenvalue weighted by Gasteiger charge is 2.28. The van der Waals surface area contributed by atoms with Crippen molar-refractivity contribution in [3.8, 4) is 0 Å². The van der Waals surface area contributed by atoms with Crippen LogP contribution >= 0.6 is 7.82 Å². The minimum absolute atomic E-state index is 0.110. The molecular formula is C46H76NO11P. The number of carbonyl (C=O) groups is 3. The number of aliphatic carboxylic acids is 1. The number of rotatable bonds is 39. The first-order valence-electron chi connectivity index (χ1n) is 21.7. The number of phosphoric ester groups is 1. The quantitative estimate of drug-likeness (QED) is 0.0151. The number of aliphatic hydroxyl groups is 1. The maximum Gasteiger partial charge on any atom is 0.472 e. The van der Waals surface area contributed by atoms with Gasteiger partial charge in [0.05, 0.1) is 19.3 Å². The molecule has 0 fully saturated rings. The van der Waals surface area contributed by atoms with Crippen molar-refractivity contribution in [2.24, 2.45) is 5.73 Å². The molecule has 0 aliphatic carbocycles. The van der Waals surface area contributed by atoms with Crippen LogP contribution in [0.15, 0.2) is 85.1 Å². The van der Waals surface area contributed by atoms with Gasteiger partial charge >= 0.3 is 25.7 Å². The van der Waals surface area contributed by atoms with E-state index in [2.05, 4.69) is 60.9 Å². The van der Waals surface area contributed by atoms with Crippen LogP contribution in [0.25, 0.3) is 0 Å². The average molecular weight is 850 g/mol. The fraction of sp³-hybridized carbons (Fsp3) is 0.630. The van der Waals surface area contributed by atoms with Gasteiger partial charge in [0.1, 0.15) is 12.6 Å². The summed E-state index contributed by atoms with van der Waals surface area (Å²) in [7, 11) is -4.75. The van der Waals surface area contributed by atoms with Crippen molar-refractivity contribution in [1.82, 2.24) is 0 Å². The Morgan fingerprint density at radius 2 is 1.12 bits per heavy atom. The summed E-state index contributed by atoms with van der Waals surface area (Å²) in [5, 5.41) is 18.8. The van der Waals surface area contributed by atoms with Gasteiger partial charge in [0.15, 0.2) is 6.10 Å². The zero-order chi connectivity index (χ0) is 43.7. The number of carbonyl (C=O) groups excluding carboxylic acids is 2. The maximum absolute atomic E-state index is 12.6. The highest BCUT2D eigenvalue weighted by molar-refractivity contribution is 7.47. The molecule has 0 rings (SSSR count). The third kappa shape index (κ3) is 39.8. The Hall–Kier alpha value is -3.38. The molecule has 13 heteroatoms. The molecule has 0 heterocycles. The topological polar surface area (TPSA) is 192 Å². The van der Waals surface area contributed by atoms with Crippen LogP contribution in [0.5, 0.6) is 0 Å². The molecule has 336 valence electrons. The van der Waals surface area contributed by atoms with E-state index in [9.17, 15) is 28.9 Å². The molecule has 0 amide bonds. The first-order chi connectivity index (χ1) is 28.5. The Morgan fingerprint density at radius 1 is 0.610 bits per heavy atom. The zero-order valence-corrected chi connectivity index (χ0v) is 36.8. The lowest BCUT2D eigenvalue weighted by molar-refractivity contribution is -0.161. The Balaban J connectivity index is 4.56. The minimum atomic E-state index is -4.75. The summed E-state index contributed by atoms with van der Waals surface area (Å²) < 4.78 is 32.6. The molecule has 0 spiro atoms. The van der Waals surface area contributed by atoms with E-state index in [1.165, 1.54) is 19.3 Å². The van der Waals surface area contributed by atoms with Gasteiger partial charge in [-0.3, -0.25) is 23.4 Å². The third-order valence-corrected chi connectivity index (χ3v) is 9.67. The van der Waals surface area contributed by atoms with E-state index in [-0.39, 0.29) is 12.8 Å².